The molecule has 0 radical (unpaired) electrons. The van der Waals surface area contributed by atoms with Gasteiger partial charge in [0.15, 0.2) is 0 Å². The number of nitrogens with zero attached hydrogens (tertiary/aromatic N) is 1. The number of non-ortho nitro benzene ring substituents is 1. The number of nitro groups is 1. The summed E-state index contributed by atoms with van der Waals surface area (Å²) in [7, 11) is 0. The van der Waals surface area contributed by atoms with E-state index in [-0.39, 0.29) is 18.9 Å². The molecule has 0 aliphatic carbocycles. The van der Waals surface area contributed by atoms with E-state index in [4.69, 9.17) is 9.84 Å². The van der Waals surface area contributed by atoms with Crippen molar-refractivity contribution in [2.75, 3.05) is 0 Å². The third-order valence-corrected chi connectivity index (χ3v) is 2.63. The largest absolute Gasteiger partial charge is 0.489 e. The Morgan fingerprint density at radius 1 is 1.11 bits per heavy atom. The lowest BCUT2D eigenvalue weighted by Crippen LogP contribution is -1.97. The highest BCUT2D eigenvalue weighted by Crippen LogP contribution is 2.17. The van der Waals surface area contributed by atoms with Crippen molar-refractivity contribution in [1.82, 2.24) is 0 Å². The Labute approximate surface area is 110 Å². The van der Waals surface area contributed by atoms with Crippen LogP contribution in [0.25, 0.3) is 0 Å². The SMILES string of the molecule is O=[N+]([O-])c1cccc(COc2ccc(CO)cc2)c1. The molecule has 5 nitrogen and oxygen atoms in total. The van der Waals surface area contributed by atoms with Gasteiger partial charge in [-0.25, -0.2) is 0 Å². The summed E-state index contributed by atoms with van der Waals surface area (Å²) in [5.41, 5.74) is 1.60. The van der Waals surface area contributed by atoms with Gasteiger partial charge in [-0.2, -0.15) is 0 Å². The third kappa shape index (κ3) is 3.53. The third-order valence-electron chi connectivity index (χ3n) is 2.63. The number of hydrogen-bond donors (Lipinski definition) is 1. The number of rotatable bonds is 5. The average molecular weight is 259 g/mol. The Hall–Kier alpha value is -2.40. The molecule has 2 aromatic rings. The van der Waals surface area contributed by atoms with Crippen molar-refractivity contribution in [3.8, 4) is 5.75 Å². The fourth-order valence-corrected chi connectivity index (χ4v) is 1.62. The molecule has 0 heterocycles. The second kappa shape index (κ2) is 5.97. The topological polar surface area (TPSA) is 72.6 Å². The summed E-state index contributed by atoms with van der Waals surface area (Å²) < 4.78 is 5.52. The van der Waals surface area contributed by atoms with Crippen LogP contribution in [0.1, 0.15) is 11.1 Å². The van der Waals surface area contributed by atoms with E-state index in [1.54, 1.807) is 36.4 Å². The molecule has 98 valence electrons. The van der Waals surface area contributed by atoms with Crippen molar-refractivity contribution >= 4 is 5.69 Å². The highest BCUT2D eigenvalue weighted by Gasteiger charge is 2.05. The van der Waals surface area contributed by atoms with Gasteiger partial charge in [-0.15, -0.1) is 0 Å². The monoisotopic (exact) mass is 259 g/mol. The number of nitro benzene ring substituents is 1. The molecule has 0 atom stereocenters. The Kier molecular flexibility index (Phi) is 4.10. The minimum Gasteiger partial charge on any atom is -0.489 e. The van der Waals surface area contributed by atoms with E-state index in [0.717, 1.165) is 11.1 Å². The molecule has 2 aromatic carbocycles. The number of aliphatic hydroxyl groups is 1. The number of hydrogen-bond acceptors (Lipinski definition) is 4. The van der Waals surface area contributed by atoms with E-state index < -0.39 is 4.92 Å². The molecule has 2 rings (SSSR count). The summed E-state index contributed by atoms with van der Waals surface area (Å²) in [5.74, 6) is 0.656. The molecule has 0 fully saturated rings. The first kappa shape index (κ1) is 13.0. The molecule has 1 N–H and O–H groups in total. The molecule has 0 aliphatic heterocycles. The smallest absolute Gasteiger partial charge is 0.269 e. The van der Waals surface area contributed by atoms with Crippen molar-refractivity contribution in [2.45, 2.75) is 13.2 Å². The molecule has 0 spiro atoms. The molecule has 19 heavy (non-hydrogen) atoms. The molecule has 0 aromatic heterocycles. The van der Waals surface area contributed by atoms with Crippen molar-refractivity contribution < 1.29 is 14.8 Å². The lowest BCUT2D eigenvalue weighted by atomic mass is 10.2. The normalized spacial score (nSPS) is 10.2. The Morgan fingerprint density at radius 2 is 1.84 bits per heavy atom. The summed E-state index contributed by atoms with van der Waals surface area (Å²) in [4.78, 5) is 10.2. The number of ether oxygens (including phenoxy) is 1. The van der Waals surface area contributed by atoms with E-state index in [1.807, 2.05) is 0 Å². The molecule has 0 saturated heterocycles. The molecular weight excluding hydrogens is 246 g/mol. The van der Waals surface area contributed by atoms with Crippen LogP contribution in [-0.4, -0.2) is 10.0 Å². The number of aliphatic hydroxyl groups excluding tert-OH is 1. The zero-order chi connectivity index (χ0) is 13.7. The Balaban J connectivity index is 2.01. The van der Waals surface area contributed by atoms with E-state index in [9.17, 15) is 10.1 Å². The molecular formula is C14H13NO4. The Morgan fingerprint density at radius 3 is 2.47 bits per heavy atom. The van der Waals surface area contributed by atoms with Crippen molar-refractivity contribution in [3.05, 3.63) is 69.8 Å². The predicted molar refractivity (Wildman–Crippen MR) is 69.8 cm³/mol. The fourth-order valence-electron chi connectivity index (χ4n) is 1.62. The van der Waals surface area contributed by atoms with Gasteiger partial charge in [0.05, 0.1) is 11.5 Å². The van der Waals surface area contributed by atoms with Crippen LogP contribution in [0.15, 0.2) is 48.5 Å². The summed E-state index contributed by atoms with van der Waals surface area (Å²) >= 11 is 0. The molecule has 0 bridgehead atoms. The van der Waals surface area contributed by atoms with Crippen molar-refractivity contribution in [1.29, 1.82) is 0 Å². The van der Waals surface area contributed by atoms with Crippen LogP contribution < -0.4 is 4.74 Å². The predicted octanol–water partition coefficient (Wildman–Crippen LogP) is 2.67. The van der Waals surface area contributed by atoms with Gasteiger partial charge >= 0.3 is 0 Å². The van der Waals surface area contributed by atoms with Gasteiger partial charge in [-0.1, -0.05) is 24.3 Å². The summed E-state index contributed by atoms with van der Waals surface area (Å²) in [5, 5.41) is 19.6. The second-order valence-corrected chi connectivity index (χ2v) is 4.02. The summed E-state index contributed by atoms with van der Waals surface area (Å²) in [6.07, 6.45) is 0. The van der Waals surface area contributed by atoms with Gasteiger partial charge in [-0.3, -0.25) is 10.1 Å². The van der Waals surface area contributed by atoms with Crippen LogP contribution in [0.5, 0.6) is 5.75 Å². The maximum Gasteiger partial charge on any atom is 0.269 e. The Bertz CT molecular complexity index is 566. The van der Waals surface area contributed by atoms with E-state index >= 15 is 0 Å². The van der Waals surface area contributed by atoms with Gasteiger partial charge in [0.1, 0.15) is 12.4 Å². The first-order chi connectivity index (χ1) is 9.19. The van der Waals surface area contributed by atoms with Gasteiger partial charge < -0.3 is 9.84 Å². The van der Waals surface area contributed by atoms with Gasteiger partial charge in [0.25, 0.3) is 5.69 Å². The highest BCUT2D eigenvalue weighted by atomic mass is 16.6. The highest BCUT2D eigenvalue weighted by molar-refractivity contribution is 5.34. The first-order valence-electron chi connectivity index (χ1n) is 5.75. The minimum atomic E-state index is -0.431. The summed E-state index contributed by atoms with van der Waals surface area (Å²) in [6, 6.07) is 13.4. The van der Waals surface area contributed by atoms with Gasteiger partial charge in [0, 0.05) is 12.1 Å². The average Bonchev–Trinajstić information content (AvgIpc) is 2.46. The minimum absolute atomic E-state index is 0.00877. The van der Waals surface area contributed by atoms with E-state index in [0.29, 0.717) is 5.75 Å². The van der Waals surface area contributed by atoms with Crippen LogP contribution >= 0.6 is 0 Å². The maximum atomic E-state index is 10.6. The van der Waals surface area contributed by atoms with Crippen LogP contribution in [-0.2, 0) is 13.2 Å². The zero-order valence-corrected chi connectivity index (χ0v) is 10.2. The maximum absolute atomic E-state index is 10.6. The molecule has 0 saturated carbocycles. The van der Waals surface area contributed by atoms with Crippen molar-refractivity contribution in [3.63, 3.8) is 0 Å². The lowest BCUT2D eigenvalue weighted by molar-refractivity contribution is -0.384. The second-order valence-electron chi connectivity index (χ2n) is 4.02. The van der Waals surface area contributed by atoms with Crippen LogP contribution in [0, 0.1) is 10.1 Å². The van der Waals surface area contributed by atoms with Crippen LogP contribution in [0.4, 0.5) is 5.69 Å². The summed E-state index contributed by atoms with van der Waals surface area (Å²) in [6.45, 7) is 0.255. The zero-order valence-electron chi connectivity index (χ0n) is 10.2. The first-order valence-corrected chi connectivity index (χ1v) is 5.75. The van der Waals surface area contributed by atoms with Crippen molar-refractivity contribution in [2.24, 2.45) is 0 Å². The van der Waals surface area contributed by atoms with Gasteiger partial charge in [-0.05, 0) is 23.3 Å². The lowest BCUT2D eigenvalue weighted by Gasteiger charge is -2.06. The van der Waals surface area contributed by atoms with Gasteiger partial charge in [0.2, 0.25) is 0 Å². The molecule has 0 amide bonds. The fraction of sp³-hybridized carbons (Fsp3) is 0.143. The molecule has 5 heteroatoms. The standard InChI is InChI=1S/C14H13NO4/c16-9-11-4-6-14(7-5-11)19-10-12-2-1-3-13(8-12)15(17)18/h1-8,16H,9-10H2. The van der Waals surface area contributed by atoms with E-state index in [2.05, 4.69) is 0 Å². The molecule has 0 aliphatic rings. The van der Waals surface area contributed by atoms with Crippen LogP contribution in [0.2, 0.25) is 0 Å². The quantitative estimate of drug-likeness (QED) is 0.661. The van der Waals surface area contributed by atoms with Crippen LogP contribution in [0.3, 0.4) is 0 Å². The molecule has 0 unspecified atom stereocenters. The number of benzene rings is 2. The van der Waals surface area contributed by atoms with E-state index in [1.165, 1.54) is 12.1 Å².